The molecule has 9 aromatic carbocycles. The van der Waals surface area contributed by atoms with Gasteiger partial charge >= 0.3 is 20.1 Å². The number of para-hydroxylation sites is 3. The molecule has 0 spiro atoms. The van der Waals surface area contributed by atoms with Crippen molar-refractivity contribution in [1.82, 2.24) is 15.0 Å². The maximum Gasteiger partial charge on any atom is 3.00 e. The van der Waals surface area contributed by atoms with Crippen molar-refractivity contribution >= 4 is 65.8 Å². The summed E-state index contributed by atoms with van der Waals surface area (Å²) in [6.45, 7) is 6.50. The monoisotopic (exact) mass is 1240 g/mol. The topological polar surface area (TPSA) is 78.1 Å². The molecular formula is C75H54IrN3O3. The standard InChI is InChI=1S/3C25H18NO.Ir/c3*1-2-17-12-13-20(25-24(17)21-10-6-7-11-23(21)27-25)22-16-19(14-15-26-22)18-8-4-3-5-9-18;/h3*3-12,14-16H,2H2,1H3;/q3*-1;+3. The molecule has 0 aliphatic carbocycles. The van der Waals surface area contributed by atoms with Gasteiger partial charge in [0.1, 0.15) is 16.7 Å². The Morgan fingerprint density at radius 3 is 0.866 bits per heavy atom. The molecule has 0 amide bonds. The van der Waals surface area contributed by atoms with Gasteiger partial charge in [-0.3, -0.25) is 0 Å². The van der Waals surface area contributed by atoms with Crippen LogP contribution < -0.4 is 0 Å². The average Bonchev–Trinajstić information content (AvgIpc) is 4.46. The first-order valence-electron chi connectivity index (χ1n) is 27.6. The number of fused-ring (bicyclic) bond motifs is 9. The third-order valence-corrected chi connectivity index (χ3v) is 15.1. The van der Waals surface area contributed by atoms with Crippen LogP contribution in [-0.4, -0.2) is 15.0 Å². The van der Waals surface area contributed by atoms with Gasteiger partial charge in [-0.2, -0.15) is 0 Å². The number of rotatable bonds is 9. The number of hydrogen-bond acceptors (Lipinski definition) is 6. The van der Waals surface area contributed by atoms with Crippen LogP contribution in [0.4, 0.5) is 0 Å². The summed E-state index contributed by atoms with van der Waals surface area (Å²) in [4.78, 5) is 13.9. The molecule has 0 bridgehead atoms. The number of benzene rings is 9. The van der Waals surface area contributed by atoms with E-state index in [1.165, 1.54) is 49.5 Å². The summed E-state index contributed by atoms with van der Waals surface area (Å²) in [7, 11) is 0. The largest absolute Gasteiger partial charge is 3.00 e. The minimum atomic E-state index is 0. The van der Waals surface area contributed by atoms with Crippen molar-refractivity contribution in [3.8, 4) is 67.2 Å². The van der Waals surface area contributed by atoms with Gasteiger partial charge in [-0.1, -0.05) is 237 Å². The van der Waals surface area contributed by atoms with Crippen molar-refractivity contribution in [3.63, 3.8) is 0 Å². The molecule has 0 saturated carbocycles. The Hall–Kier alpha value is -9.52. The van der Waals surface area contributed by atoms with Crippen molar-refractivity contribution in [2.24, 2.45) is 0 Å². The molecular weight excluding hydrogens is 1180 g/mol. The van der Waals surface area contributed by atoms with E-state index in [0.717, 1.165) is 119 Å². The summed E-state index contributed by atoms with van der Waals surface area (Å²) < 4.78 is 18.8. The van der Waals surface area contributed by atoms with Crippen LogP contribution in [0.2, 0.25) is 0 Å². The summed E-state index contributed by atoms with van der Waals surface area (Å²) in [5.74, 6) is 0. The second-order valence-electron chi connectivity index (χ2n) is 19.9. The Morgan fingerprint density at radius 2 is 0.585 bits per heavy atom. The van der Waals surface area contributed by atoms with E-state index in [4.69, 9.17) is 13.3 Å². The molecule has 15 rings (SSSR count). The van der Waals surface area contributed by atoms with Gasteiger partial charge in [0.05, 0.1) is 16.7 Å². The molecule has 6 aromatic heterocycles. The van der Waals surface area contributed by atoms with E-state index in [0.29, 0.717) is 0 Å². The normalized spacial score (nSPS) is 11.2. The van der Waals surface area contributed by atoms with Gasteiger partial charge in [0.15, 0.2) is 0 Å². The fourth-order valence-electron chi connectivity index (χ4n) is 11.1. The quantitative estimate of drug-likeness (QED) is 0.134. The van der Waals surface area contributed by atoms with Crippen LogP contribution in [0.3, 0.4) is 0 Å². The molecule has 0 N–H and O–H groups in total. The summed E-state index contributed by atoms with van der Waals surface area (Å²) in [5.41, 5.74) is 21.4. The molecule has 15 aromatic rings. The maximum atomic E-state index is 6.25. The molecule has 0 aliphatic rings. The number of aryl methyl sites for hydroxylation is 3. The Labute approximate surface area is 490 Å². The predicted molar refractivity (Wildman–Crippen MR) is 332 cm³/mol. The molecule has 6 nitrogen and oxygen atoms in total. The van der Waals surface area contributed by atoms with E-state index in [1.54, 1.807) is 0 Å². The van der Waals surface area contributed by atoms with Crippen molar-refractivity contribution in [2.45, 2.75) is 40.0 Å². The summed E-state index contributed by atoms with van der Waals surface area (Å²) in [6, 6.07) is 84.7. The first-order valence-corrected chi connectivity index (χ1v) is 27.6. The van der Waals surface area contributed by atoms with Crippen molar-refractivity contribution in [1.29, 1.82) is 0 Å². The van der Waals surface area contributed by atoms with Crippen LogP contribution in [0, 0.1) is 18.2 Å². The van der Waals surface area contributed by atoms with Gasteiger partial charge in [-0.05, 0) is 86.9 Å². The number of furan rings is 3. The molecule has 0 saturated heterocycles. The minimum absolute atomic E-state index is 0. The van der Waals surface area contributed by atoms with Crippen LogP contribution in [0.25, 0.3) is 133 Å². The second-order valence-corrected chi connectivity index (χ2v) is 19.9. The molecule has 0 fully saturated rings. The summed E-state index contributed by atoms with van der Waals surface area (Å²) >= 11 is 0. The molecule has 0 radical (unpaired) electrons. The number of nitrogens with zero attached hydrogens (tertiary/aromatic N) is 3. The van der Waals surface area contributed by atoms with Gasteiger partial charge < -0.3 is 28.2 Å². The first-order chi connectivity index (χ1) is 40.0. The zero-order chi connectivity index (χ0) is 54.7. The Kier molecular flexibility index (Phi) is 15.3. The third kappa shape index (κ3) is 10.2. The first kappa shape index (κ1) is 53.1. The molecule has 6 heterocycles. The molecule has 0 unspecified atom stereocenters. The van der Waals surface area contributed by atoms with Crippen LogP contribution in [-0.2, 0) is 39.4 Å². The van der Waals surface area contributed by atoms with E-state index in [1.807, 2.05) is 91.4 Å². The van der Waals surface area contributed by atoms with Gasteiger partial charge in [-0.25, -0.2) is 0 Å². The van der Waals surface area contributed by atoms with E-state index >= 15 is 0 Å². The Bertz CT molecular complexity index is 4240. The van der Waals surface area contributed by atoms with Crippen LogP contribution in [0.15, 0.2) is 250 Å². The molecule has 0 atom stereocenters. The maximum absolute atomic E-state index is 6.25. The molecule has 396 valence electrons. The van der Waals surface area contributed by atoms with Gasteiger partial charge in [-0.15, -0.1) is 53.1 Å². The second kappa shape index (κ2) is 23.7. The smallest absolute Gasteiger partial charge is 0.501 e. The summed E-state index contributed by atoms with van der Waals surface area (Å²) in [5, 5.41) is 6.98. The zero-order valence-corrected chi connectivity index (χ0v) is 47.9. The fraction of sp³-hybridized carbons (Fsp3) is 0.0800. The Morgan fingerprint density at radius 1 is 0.317 bits per heavy atom. The van der Waals surface area contributed by atoms with E-state index in [-0.39, 0.29) is 20.1 Å². The van der Waals surface area contributed by atoms with Crippen LogP contribution in [0.1, 0.15) is 37.5 Å². The number of hydrogen-bond donors (Lipinski definition) is 0. The Balaban J connectivity index is 0.000000121. The number of pyridine rings is 3. The van der Waals surface area contributed by atoms with Crippen molar-refractivity contribution in [2.75, 3.05) is 0 Å². The predicted octanol–water partition coefficient (Wildman–Crippen LogP) is 20.0. The molecule has 0 aliphatic heterocycles. The SMILES string of the molecule is CCc1c[c-]c(-c2cc(-c3ccccc3)ccn2)c2oc3ccccc3c12.CCc1c[c-]c(-c2cc(-c3ccccc3)ccn2)c2oc3ccccc3c12.CCc1c[c-]c(-c2cc(-c3ccccc3)ccn2)c2oc3ccccc3c12.[Ir+3]. The third-order valence-electron chi connectivity index (χ3n) is 15.1. The van der Waals surface area contributed by atoms with Gasteiger partial charge in [0, 0.05) is 34.7 Å². The van der Waals surface area contributed by atoms with E-state index in [2.05, 4.69) is 200 Å². The van der Waals surface area contributed by atoms with E-state index < -0.39 is 0 Å². The van der Waals surface area contributed by atoms with Gasteiger partial charge in [0.25, 0.3) is 0 Å². The zero-order valence-electron chi connectivity index (χ0n) is 45.5. The average molecular weight is 1240 g/mol. The molecule has 82 heavy (non-hydrogen) atoms. The van der Waals surface area contributed by atoms with Crippen LogP contribution in [0.5, 0.6) is 0 Å². The fourth-order valence-corrected chi connectivity index (χ4v) is 11.1. The minimum Gasteiger partial charge on any atom is -0.501 e. The molecule has 7 heteroatoms. The van der Waals surface area contributed by atoms with Crippen LogP contribution >= 0.6 is 0 Å². The summed E-state index contributed by atoms with van der Waals surface area (Å²) in [6.07, 6.45) is 8.38. The van der Waals surface area contributed by atoms with Crippen molar-refractivity contribution < 1.29 is 33.4 Å². The van der Waals surface area contributed by atoms with E-state index in [9.17, 15) is 0 Å². The number of aromatic nitrogens is 3. The van der Waals surface area contributed by atoms with Gasteiger partial charge in [0.2, 0.25) is 0 Å². The van der Waals surface area contributed by atoms with Crippen molar-refractivity contribution in [3.05, 3.63) is 272 Å².